The summed E-state index contributed by atoms with van der Waals surface area (Å²) in [5.41, 5.74) is 2.51. The Bertz CT molecular complexity index is 647. The van der Waals surface area contributed by atoms with Crippen LogP contribution in [0.25, 0.3) is 0 Å². The average molecular weight is 305 g/mol. The highest BCUT2D eigenvalue weighted by atomic mass is 35.5. The normalized spacial score (nSPS) is 11.7. The van der Waals surface area contributed by atoms with Crippen LogP contribution in [0.1, 0.15) is 30.5 Å². The van der Waals surface area contributed by atoms with Crippen molar-refractivity contribution < 1.29 is 0 Å². The summed E-state index contributed by atoms with van der Waals surface area (Å²) < 4.78 is 0. The third-order valence-electron chi connectivity index (χ3n) is 3.13. The highest BCUT2D eigenvalue weighted by Gasteiger charge is 2.12. The molecule has 0 aliphatic rings. The Morgan fingerprint density at radius 1 is 1.15 bits per heavy atom. The van der Waals surface area contributed by atoms with Gasteiger partial charge in [-0.2, -0.15) is 5.26 Å². The summed E-state index contributed by atoms with van der Waals surface area (Å²) in [5.74, 6) is 0. The first kappa shape index (κ1) is 14.7. The molecule has 0 heterocycles. The molecule has 0 aromatic heterocycles. The Morgan fingerprint density at radius 3 is 2.55 bits per heavy atom. The molecule has 4 heteroatoms. The van der Waals surface area contributed by atoms with Gasteiger partial charge in [-0.25, -0.2) is 0 Å². The van der Waals surface area contributed by atoms with E-state index in [-0.39, 0.29) is 6.04 Å². The number of hydrogen-bond donors (Lipinski definition) is 1. The van der Waals surface area contributed by atoms with Gasteiger partial charge >= 0.3 is 0 Å². The first-order valence-corrected chi connectivity index (χ1v) is 7.12. The molecular weight excluding hydrogens is 291 g/mol. The minimum Gasteiger partial charge on any atom is -0.377 e. The van der Waals surface area contributed by atoms with Crippen LogP contribution in [0.3, 0.4) is 0 Å². The molecule has 2 rings (SSSR count). The second-order valence-corrected chi connectivity index (χ2v) is 5.25. The Hall–Kier alpha value is -1.69. The van der Waals surface area contributed by atoms with Crippen molar-refractivity contribution in [2.45, 2.75) is 19.4 Å². The van der Waals surface area contributed by atoms with E-state index in [1.54, 1.807) is 12.1 Å². The Labute approximate surface area is 128 Å². The van der Waals surface area contributed by atoms with Crippen molar-refractivity contribution in [2.24, 2.45) is 0 Å². The van der Waals surface area contributed by atoms with Crippen LogP contribution in [0.15, 0.2) is 42.5 Å². The summed E-state index contributed by atoms with van der Waals surface area (Å²) in [5, 5.41) is 13.6. The van der Waals surface area contributed by atoms with E-state index in [0.29, 0.717) is 15.6 Å². The number of para-hydroxylation sites is 1. The smallest absolute Gasteiger partial charge is 0.101 e. The Balaban J connectivity index is 2.29. The van der Waals surface area contributed by atoms with Crippen molar-refractivity contribution in [1.82, 2.24) is 0 Å². The topological polar surface area (TPSA) is 35.8 Å². The van der Waals surface area contributed by atoms with Gasteiger partial charge in [-0.15, -0.1) is 0 Å². The molecule has 102 valence electrons. The fourth-order valence-corrected chi connectivity index (χ4v) is 2.35. The summed E-state index contributed by atoms with van der Waals surface area (Å²) in [6.07, 6.45) is 0.873. The quantitative estimate of drug-likeness (QED) is 0.817. The van der Waals surface area contributed by atoms with Crippen LogP contribution in [0.4, 0.5) is 5.69 Å². The van der Waals surface area contributed by atoms with Crippen LogP contribution >= 0.6 is 23.2 Å². The minimum atomic E-state index is 0.0827. The predicted octanol–water partition coefficient (Wildman–Crippen LogP) is 5.43. The van der Waals surface area contributed by atoms with E-state index >= 15 is 0 Å². The predicted molar refractivity (Wildman–Crippen MR) is 84.3 cm³/mol. The molecule has 0 fully saturated rings. The van der Waals surface area contributed by atoms with Gasteiger partial charge in [0.15, 0.2) is 0 Å². The molecule has 0 aliphatic heterocycles. The van der Waals surface area contributed by atoms with Crippen molar-refractivity contribution in [1.29, 1.82) is 5.26 Å². The zero-order valence-corrected chi connectivity index (χ0v) is 12.5. The van der Waals surface area contributed by atoms with Crippen LogP contribution in [0.2, 0.25) is 10.0 Å². The maximum Gasteiger partial charge on any atom is 0.101 e. The number of nitriles is 1. The zero-order chi connectivity index (χ0) is 14.5. The molecule has 0 saturated carbocycles. The van der Waals surface area contributed by atoms with Gasteiger partial charge in [0.1, 0.15) is 6.07 Å². The number of halogens is 2. The van der Waals surface area contributed by atoms with E-state index in [1.165, 1.54) is 0 Å². The third kappa shape index (κ3) is 3.25. The van der Waals surface area contributed by atoms with E-state index in [4.69, 9.17) is 28.5 Å². The van der Waals surface area contributed by atoms with Gasteiger partial charge in [0.2, 0.25) is 0 Å². The zero-order valence-electron chi connectivity index (χ0n) is 11.0. The van der Waals surface area contributed by atoms with Crippen LogP contribution in [-0.2, 0) is 0 Å². The SMILES string of the molecule is CCC(Nc1ccccc1C#N)c1ccc(Cl)c(Cl)c1. The second kappa shape index (κ2) is 6.65. The number of nitrogens with zero attached hydrogens (tertiary/aromatic N) is 1. The van der Waals surface area contributed by atoms with Crippen LogP contribution in [-0.4, -0.2) is 0 Å². The molecule has 0 saturated heterocycles. The van der Waals surface area contributed by atoms with Crippen molar-refractivity contribution in [3.05, 3.63) is 63.6 Å². The lowest BCUT2D eigenvalue weighted by Gasteiger charge is -2.20. The molecule has 0 amide bonds. The van der Waals surface area contributed by atoms with Crippen molar-refractivity contribution >= 4 is 28.9 Å². The van der Waals surface area contributed by atoms with E-state index < -0.39 is 0 Å². The Morgan fingerprint density at radius 2 is 1.90 bits per heavy atom. The summed E-state index contributed by atoms with van der Waals surface area (Å²) in [4.78, 5) is 0. The fraction of sp³-hybridized carbons (Fsp3) is 0.188. The molecule has 0 aliphatic carbocycles. The summed E-state index contributed by atoms with van der Waals surface area (Å²) in [6, 6.07) is 15.3. The maximum atomic E-state index is 9.13. The van der Waals surface area contributed by atoms with Crippen molar-refractivity contribution in [3.63, 3.8) is 0 Å². The van der Waals surface area contributed by atoms with Gasteiger partial charge in [0.05, 0.1) is 27.3 Å². The van der Waals surface area contributed by atoms with Crippen molar-refractivity contribution in [3.8, 4) is 6.07 Å². The second-order valence-electron chi connectivity index (χ2n) is 4.44. The lowest BCUT2D eigenvalue weighted by Crippen LogP contribution is -2.10. The molecule has 0 spiro atoms. The first-order chi connectivity index (χ1) is 9.65. The van der Waals surface area contributed by atoms with Gasteiger partial charge in [0.25, 0.3) is 0 Å². The van der Waals surface area contributed by atoms with E-state index in [9.17, 15) is 0 Å². The highest BCUT2D eigenvalue weighted by Crippen LogP contribution is 2.29. The molecule has 1 N–H and O–H groups in total. The van der Waals surface area contributed by atoms with Crippen LogP contribution in [0.5, 0.6) is 0 Å². The lowest BCUT2D eigenvalue weighted by molar-refractivity contribution is 0.749. The summed E-state index contributed by atoms with van der Waals surface area (Å²) in [7, 11) is 0. The number of anilines is 1. The number of hydrogen-bond acceptors (Lipinski definition) is 2. The van der Waals surface area contributed by atoms with Gasteiger partial charge in [-0.1, -0.05) is 48.3 Å². The molecule has 0 radical (unpaired) electrons. The van der Waals surface area contributed by atoms with Crippen LogP contribution in [0, 0.1) is 11.3 Å². The highest BCUT2D eigenvalue weighted by molar-refractivity contribution is 6.42. The van der Waals surface area contributed by atoms with Gasteiger partial charge in [-0.05, 0) is 36.2 Å². The number of nitrogens with one attached hydrogen (secondary N) is 1. The van der Waals surface area contributed by atoms with E-state index in [0.717, 1.165) is 17.7 Å². The number of benzene rings is 2. The van der Waals surface area contributed by atoms with E-state index in [2.05, 4.69) is 18.3 Å². The fourth-order valence-electron chi connectivity index (χ4n) is 2.04. The summed E-state index contributed by atoms with van der Waals surface area (Å²) in [6.45, 7) is 2.08. The Kier molecular flexibility index (Phi) is 4.89. The largest absolute Gasteiger partial charge is 0.377 e. The minimum absolute atomic E-state index is 0.0827. The molecule has 20 heavy (non-hydrogen) atoms. The number of rotatable bonds is 4. The molecule has 1 unspecified atom stereocenters. The maximum absolute atomic E-state index is 9.13. The van der Waals surface area contributed by atoms with Gasteiger partial charge < -0.3 is 5.32 Å². The third-order valence-corrected chi connectivity index (χ3v) is 3.87. The van der Waals surface area contributed by atoms with Gasteiger partial charge in [-0.3, -0.25) is 0 Å². The van der Waals surface area contributed by atoms with Crippen LogP contribution < -0.4 is 5.32 Å². The molecule has 2 nitrogen and oxygen atoms in total. The standard InChI is InChI=1S/C16H14Cl2N2/c1-2-15(11-7-8-13(17)14(18)9-11)20-16-6-4-3-5-12(16)10-19/h3-9,15,20H,2H2,1H3. The first-order valence-electron chi connectivity index (χ1n) is 6.36. The molecule has 2 aromatic carbocycles. The van der Waals surface area contributed by atoms with Crippen molar-refractivity contribution in [2.75, 3.05) is 5.32 Å². The molecule has 0 bridgehead atoms. The molecular formula is C16H14Cl2N2. The molecule has 2 aromatic rings. The monoisotopic (exact) mass is 304 g/mol. The average Bonchev–Trinajstić information content (AvgIpc) is 2.48. The van der Waals surface area contributed by atoms with Gasteiger partial charge in [0, 0.05) is 0 Å². The molecule has 1 atom stereocenters. The summed E-state index contributed by atoms with van der Waals surface area (Å²) >= 11 is 12.0. The lowest BCUT2D eigenvalue weighted by atomic mass is 10.0. The van der Waals surface area contributed by atoms with E-state index in [1.807, 2.05) is 30.3 Å².